The predicted molar refractivity (Wildman–Crippen MR) is 90.7 cm³/mol. The van der Waals surface area contributed by atoms with Gasteiger partial charge in [-0.3, -0.25) is 4.79 Å². The van der Waals surface area contributed by atoms with Gasteiger partial charge >= 0.3 is 0 Å². The standard InChI is InChI=1S/C19H25NO3/c1-11-4-5-12(2)17-16(11)13(3)18(23-17)19(22)20-15-8-6-14(10-21)7-9-15/h4-5,14-15,21H,6-10H2,1-3H3,(H,20,22). The smallest absolute Gasteiger partial charge is 0.287 e. The van der Waals surface area contributed by atoms with Crippen molar-refractivity contribution in [3.8, 4) is 0 Å². The molecule has 0 spiro atoms. The van der Waals surface area contributed by atoms with Crippen LogP contribution in [0, 0.1) is 26.7 Å². The molecule has 1 aliphatic carbocycles. The average Bonchev–Trinajstić information content (AvgIpc) is 2.91. The molecule has 0 bridgehead atoms. The van der Waals surface area contributed by atoms with Gasteiger partial charge in [-0.15, -0.1) is 0 Å². The molecule has 0 saturated heterocycles. The molecular formula is C19H25NO3. The number of hydrogen-bond donors (Lipinski definition) is 2. The Balaban J connectivity index is 1.81. The van der Waals surface area contributed by atoms with Crippen LogP contribution in [0.15, 0.2) is 16.5 Å². The number of rotatable bonds is 3. The van der Waals surface area contributed by atoms with Crippen molar-refractivity contribution < 1.29 is 14.3 Å². The molecule has 1 saturated carbocycles. The Hall–Kier alpha value is -1.81. The van der Waals surface area contributed by atoms with Gasteiger partial charge in [-0.05, 0) is 63.5 Å². The summed E-state index contributed by atoms with van der Waals surface area (Å²) < 4.78 is 5.90. The Bertz CT molecular complexity index is 724. The van der Waals surface area contributed by atoms with Gasteiger partial charge in [-0.25, -0.2) is 0 Å². The number of aryl methyl sites for hydroxylation is 3. The van der Waals surface area contributed by atoms with Crippen LogP contribution in [0.4, 0.5) is 0 Å². The van der Waals surface area contributed by atoms with Gasteiger partial charge in [0, 0.05) is 23.6 Å². The number of furan rings is 1. The number of aliphatic hydroxyl groups excluding tert-OH is 1. The fraction of sp³-hybridized carbons (Fsp3) is 0.526. The highest BCUT2D eigenvalue weighted by atomic mass is 16.3. The number of benzene rings is 1. The fourth-order valence-corrected chi connectivity index (χ4v) is 3.63. The van der Waals surface area contributed by atoms with E-state index >= 15 is 0 Å². The molecule has 1 aromatic carbocycles. The number of aliphatic hydroxyl groups is 1. The lowest BCUT2D eigenvalue weighted by Gasteiger charge is -2.27. The lowest BCUT2D eigenvalue weighted by atomic mass is 9.86. The second kappa shape index (κ2) is 6.36. The van der Waals surface area contributed by atoms with E-state index in [1.165, 1.54) is 0 Å². The van der Waals surface area contributed by atoms with Crippen molar-refractivity contribution in [2.45, 2.75) is 52.5 Å². The van der Waals surface area contributed by atoms with Crippen molar-refractivity contribution in [3.05, 3.63) is 34.6 Å². The largest absolute Gasteiger partial charge is 0.450 e. The van der Waals surface area contributed by atoms with Crippen LogP contribution < -0.4 is 5.32 Å². The molecule has 1 aliphatic rings. The maximum Gasteiger partial charge on any atom is 0.287 e. The van der Waals surface area contributed by atoms with Crippen LogP contribution in [0.5, 0.6) is 0 Å². The summed E-state index contributed by atoms with van der Waals surface area (Å²) in [5, 5.41) is 13.4. The topological polar surface area (TPSA) is 62.5 Å². The van der Waals surface area contributed by atoms with Crippen LogP contribution in [0.2, 0.25) is 0 Å². The summed E-state index contributed by atoms with van der Waals surface area (Å²) in [5.74, 6) is 0.702. The van der Waals surface area contributed by atoms with E-state index in [4.69, 9.17) is 4.42 Å². The van der Waals surface area contributed by atoms with Crippen LogP contribution in [-0.4, -0.2) is 23.7 Å². The summed E-state index contributed by atoms with van der Waals surface area (Å²) in [5.41, 5.74) is 3.92. The van der Waals surface area contributed by atoms with Crippen LogP contribution in [0.25, 0.3) is 11.0 Å². The van der Waals surface area contributed by atoms with E-state index in [9.17, 15) is 9.90 Å². The highest BCUT2D eigenvalue weighted by molar-refractivity contribution is 6.00. The number of amides is 1. The lowest BCUT2D eigenvalue weighted by Crippen LogP contribution is -2.38. The Kier molecular flexibility index (Phi) is 4.44. The van der Waals surface area contributed by atoms with Gasteiger partial charge in [0.05, 0.1) is 0 Å². The Morgan fingerprint density at radius 2 is 1.83 bits per heavy atom. The Labute approximate surface area is 136 Å². The van der Waals surface area contributed by atoms with Gasteiger partial charge in [-0.1, -0.05) is 12.1 Å². The summed E-state index contributed by atoms with van der Waals surface area (Å²) in [4.78, 5) is 12.6. The molecule has 23 heavy (non-hydrogen) atoms. The predicted octanol–water partition coefficient (Wildman–Crippen LogP) is 3.64. The first-order valence-electron chi connectivity index (χ1n) is 8.42. The maximum atomic E-state index is 12.6. The second-order valence-corrected chi connectivity index (χ2v) is 6.83. The molecule has 1 heterocycles. The van der Waals surface area contributed by atoms with Gasteiger partial charge in [0.25, 0.3) is 5.91 Å². The van der Waals surface area contributed by atoms with E-state index in [0.29, 0.717) is 11.7 Å². The summed E-state index contributed by atoms with van der Waals surface area (Å²) in [6, 6.07) is 4.27. The first-order chi connectivity index (χ1) is 11.0. The second-order valence-electron chi connectivity index (χ2n) is 6.83. The van der Waals surface area contributed by atoms with Crippen molar-refractivity contribution in [2.75, 3.05) is 6.61 Å². The van der Waals surface area contributed by atoms with E-state index in [1.54, 1.807) is 0 Å². The highest BCUT2D eigenvalue weighted by Crippen LogP contribution is 2.31. The van der Waals surface area contributed by atoms with Crippen LogP contribution in [0.3, 0.4) is 0 Å². The van der Waals surface area contributed by atoms with Crippen molar-refractivity contribution in [3.63, 3.8) is 0 Å². The number of hydrogen-bond acceptors (Lipinski definition) is 3. The third-order valence-electron chi connectivity index (χ3n) is 5.13. The van der Waals surface area contributed by atoms with E-state index in [1.807, 2.05) is 26.8 Å². The first-order valence-corrected chi connectivity index (χ1v) is 8.42. The maximum absolute atomic E-state index is 12.6. The molecule has 4 nitrogen and oxygen atoms in total. The van der Waals surface area contributed by atoms with Crippen LogP contribution >= 0.6 is 0 Å². The van der Waals surface area contributed by atoms with E-state index in [2.05, 4.69) is 11.4 Å². The quantitative estimate of drug-likeness (QED) is 0.909. The molecule has 1 aromatic heterocycles. The number of carbonyl (C=O) groups excluding carboxylic acids is 1. The minimum Gasteiger partial charge on any atom is -0.450 e. The summed E-state index contributed by atoms with van der Waals surface area (Å²) in [6.45, 7) is 6.25. The van der Waals surface area contributed by atoms with Crippen LogP contribution in [0.1, 0.15) is 52.9 Å². The van der Waals surface area contributed by atoms with Crippen LogP contribution in [-0.2, 0) is 0 Å². The minimum absolute atomic E-state index is 0.120. The molecule has 1 fully saturated rings. The van der Waals surface area contributed by atoms with Crippen molar-refractivity contribution in [2.24, 2.45) is 5.92 Å². The summed E-state index contributed by atoms with van der Waals surface area (Å²) in [7, 11) is 0. The molecule has 3 rings (SSSR count). The van der Waals surface area contributed by atoms with Gasteiger partial charge in [0.2, 0.25) is 0 Å². The number of carbonyl (C=O) groups is 1. The molecule has 0 unspecified atom stereocenters. The van der Waals surface area contributed by atoms with E-state index in [0.717, 1.165) is 53.3 Å². The third-order valence-corrected chi connectivity index (χ3v) is 5.13. The zero-order valence-electron chi connectivity index (χ0n) is 14.1. The van der Waals surface area contributed by atoms with Gasteiger partial charge in [-0.2, -0.15) is 0 Å². The fourth-order valence-electron chi connectivity index (χ4n) is 3.63. The lowest BCUT2D eigenvalue weighted by molar-refractivity contribution is 0.0887. The molecule has 0 radical (unpaired) electrons. The van der Waals surface area contributed by atoms with Crippen molar-refractivity contribution in [1.82, 2.24) is 5.32 Å². The Morgan fingerprint density at radius 1 is 1.17 bits per heavy atom. The monoisotopic (exact) mass is 315 g/mol. The number of fused-ring (bicyclic) bond motifs is 1. The zero-order chi connectivity index (χ0) is 16.6. The third kappa shape index (κ3) is 3.00. The molecule has 124 valence electrons. The summed E-state index contributed by atoms with van der Waals surface area (Å²) in [6.07, 6.45) is 3.79. The van der Waals surface area contributed by atoms with E-state index < -0.39 is 0 Å². The van der Waals surface area contributed by atoms with Gasteiger partial charge in [0.1, 0.15) is 5.58 Å². The molecule has 2 N–H and O–H groups in total. The average molecular weight is 315 g/mol. The van der Waals surface area contributed by atoms with Crippen molar-refractivity contribution in [1.29, 1.82) is 0 Å². The molecule has 4 heteroatoms. The molecule has 1 amide bonds. The van der Waals surface area contributed by atoms with Gasteiger partial charge in [0.15, 0.2) is 5.76 Å². The SMILES string of the molecule is Cc1ccc(C)c2c(C)c(C(=O)NC3CCC(CO)CC3)oc12. The van der Waals surface area contributed by atoms with Crippen molar-refractivity contribution >= 4 is 16.9 Å². The van der Waals surface area contributed by atoms with Gasteiger partial charge < -0.3 is 14.8 Å². The number of nitrogens with one attached hydrogen (secondary N) is 1. The van der Waals surface area contributed by atoms with E-state index in [-0.39, 0.29) is 18.6 Å². The highest BCUT2D eigenvalue weighted by Gasteiger charge is 2.25. The molecular weight excluding hydrogens is 290 g/mol. The molecule has 0 aliphatic heterocycles. The normalized spacial score (nSPS) is 21.6. The minimum atomic E-state index is -0.120. The molecule has 2 aromatic rings. The first kappa shape index (κ1) is 16.1. The summed E-state index contributed by atoms with van der Waals surface area (Å²) >= 11 is 0. The Morgan fingerprint density at radius 3 is 2.43 bits per heavy atom. The zero-order valence-corrected chi connectivity index (χ0v) is 14.1. The molecule has 0 atom stereocenters.